The molecule has 0 aliphatic carbocycles. The second kappa shape index (κ2) is 8.49. The van der Waals surface area contributed by atoms with Gasteiger partial charge in [0.05, 0.1) is 4.90 Å². The molecule has 0 radical (unpaired) electrons. The number of nitrogens with one attached hydrogen (secondary N) is 2. The van der Waals surface area contributed by atoms with Crippen molar-refractivity contribution in [1.82, 2.24) is 0 Å². The highest BCUT2D eigenvalue weighted by Crippen LogP contribution is 2.22. The van der Waals surface area contributed by atoms with Crippen LogP contribution in [-0.2, 0) is 16.4 Å². The molecule has 0 heterocycles. The molecule has 3 aromatic carbocycles. The maximum absolute atomic E-state index is 12.9. The van der Waals surface area contributed by atoms with Gasteiger partial charge in [-0.1, -0.05) is 48.9 Å². The molecule has 0 unspecified atom stereocenters. The van der Waals surface area contributed by atoms with Crippen LogP contribution in [0.15, 0.2) is 71.6 Å². The zero-order chi connectivity index (χ0) is 21.0. The van der Waals surface area contributed by atoms with Gasteiger partial charge >= 0.3 is 0 Å². The zero-order valence-electron chi connectivity index (χ0n) is 16.7. The Balaban J connectivity index is 1.89. The number of hydrogen-bond donors (Lipinski definition) is 2. The van der Waals surface area contributed by atoms with Gasteiger partial charge in [0, 0.05) is 16.9 Å². The molecule has 0 atom stereocenters. The Kier molecular flexibility index (Phi) is 6.03. The lowest BCUT2D eigenvalue weighted by atomic mass is 10.1. The zero-order valence-corrected chi connectivity index (χ0v) is 17.5. The minimum absolute atomic E-state index is 0.0782. The number of hydrogen-bond acceptors (Lipinski definition) is 3. The first kappa shape index (κ1) is 20.6. The van der Waals surface area contributed by atoms with E-state index in [0.717, 1.165) is 23.2 Å². The van der Waals surface area contributed by atoms with Crippen LogP contribution in [-0.4, -0.2) is 14.3 Å². The minimum Gasteiger partial charge on any atom is -0.322 e. The molecule has 0 bridgehead atoms. The average molecular weight is 409 g/mol. The Morgan fingerprint density at radius 1 is 0.931 bits per heavy atom. The fourth-order valence-corrected chi connectivity index (χ4v) is 4.34. The van der Waals surface area contributed by atoms with Gasteiger partial charge in [0.2, 0.25) is 0 Å². The van der Waals surface area contributed by atoms with Crippen molar-refractivity contribution in [1.29, 1.82) is 0 Å². The van der Waals surface area contributed by atoms with Crippen molar-refractivity contribution in [3.8, 4) is 0 Å². The van der Waals surface area contributed by atoms with Crippen LogP contribution in [0.4, 0.5) is 11.4 Å². The number of sulfonamides is 1. The molecule has 0 fully saturated rings. The minimum atomic E-state index is -3.83. The molecule has 0 saturated heterocycles. The van der Waals surface area contributed by atoms with E-state index in [-0.39, 0.29) is 16.4 Å². The number of carbonyl (C=O) groups is 1. The number of benzene rings is 3. The van der Waals surface area contributed by atoms with Crippen molar-refractivity contribution in [2.75, 3.05) is 10.0 Å². The summed E-state index contributed by atoms with van der Waals surface area (Å²) in [7, 11) is -3.83. The summed E-state index contributed by atoms with van der Waals surface area (Å²) in [6, 6.07) is 19.3. The number of carbonyl (C=O) groups excluding carboxylic acids is 1. The topological polar surface area (TPSA) is 75.3 Å². The summed E-state index contributed by atoms with van der Waals surface area (Å²) >= 11 is 0. The van der Waals surface area contributed by atoms with Gasteiger partial charge in [0.25, 0.3) is 15.9 Å². The predicted octanol–water partition coefficient (Wildman–Crippen LogP) is 4.92. The van der Waals surface area contributed by atoms with Gasteiger partial charge in [0.1, 0.15) is 0 Å². The van der Waals surface area contributed by atoms with Crippen molar-refractivity contribution < 1.29 is 13.2 Å². The van der Waals surface area contributed by atoms with E-state index in [1.54, 1.807) is 31.2 Å². The molecule has 3 rings (SSSR count). The SMILES string of the molecule is CCc1ccccc1NC(=O)c1ccc(C)c(S(=O)(=O)Nc2ccc(C)cc2)c1. The van der Waals surface area contributed by atoms with Crippen LogP contribution in [0.1, 0.15) is 34.0 Å². The van der Waals surface area contributed by atoms with Gasteiger partial charge in [-0.05, 0) is 61.7 Å². The van der Waals surface area contributed by atoms with Crippen LogP contribution in [0.2, 0.25) is 0 Å². The molecule has 0 saturated carbocycles. The summed E-state index contributed by atoms with van der Waals surface area (Å²) in [6.07, 6.45) is 0.782. The van der Waals surface area contributed by atoms with Crippen LogP contribution in [0.3, 0.4) is 0 Å². The Morgan fingerprint density at radius 2 is 1.62 bits per heavy atom. The van der Waals surface area contributed by atoms with Gasteiger partial charge in [-0.2, -0.15) is 0 Å². The van der Waals surface area contributed by atoms with Crippen molar-refractivity contribution in [3.63, 3.8) is 0 Å². The highest BCUT2D eigenvalue weighted by atomic mass is 32.2. The second-order valence-corrected chi connectivity index (χ2v) is 8.57. The van der Waals surface area contributed by atoms with Crippen molar-refractivity contribution in [2.45, 2.75) is 32.1 Å². The Hall–Kier alpha value is -3.12. The summed E-state index contributed by atoms with van der Waals surface area (Å²) in [5, 5.41) is 2.88. The Morgan fingerprint density at radius 3 is 2.31 bits per heavy atom. The van der Waals surface area contributed by atoms with E-state index in [4.69, 9.17) is 0 Å². The predicted molar refractivity (Wildman–Crippen MR) is 117 cm³/mol. The highest BCUT2D eigenvalue weighted by molar-refractivity contribution is 7.92. The summed E-state index contributed by atoms with van der Waals surface area (Å²) in [4.78, 5) is 12.8. The van der Waals surface area contributed by atoms with E-state index in [9.17, 15) is 13.2 Å². The molecule has 29 heavy (non-hydrogen) atoms. The Bertz CT molecular complexity index is 1140. The maximum Gasteiger partial charge on any atom is 0.262 e. The first-order valence-electron chi connectivity index (χ1n) is 9.39. The van der Waals surface area contributed by atoms with Crippen molar-refractivity contribution in [2.24, 2.45) is 0 Å². The Labute approximate surface area is 171 Å². The normalized spacial score (nSPS) is 11.1. The third-order valence-corrected chi connectivity index (χ3v) is 6.21. The van der Waals surface area contributed by atoms with Crippen LogP contribution in [0.5, 0.6) is 0 Å². The fourth-order valence-electron chi connectivity index (χ4n) is 3.01. The van der Waals surface area contributed by atoms with E-state index in [2.05, 4.69) is 10.0 Å². The molecule has 5 nitrogen and oxygen atoms in total. The van der Waals surface area contributed by atoms with E-state index in [1.807, 2.05) is 50.2 Å². The van der Waals surface area contributed by atoms with Gasteiger partial charge in [0.15, 0.2) is 0 Å². The van der Waals surface area contributed by atoms with E-state index >= 15 is 0 Å². The van der Waals surface area contributed by atoms with E-state index in [1.165, 1.54) is 6.07 Å². The highest BCUT2D eigenvalue weighted by Gasteiger charge is 2.20. The third kappa shape index (κ3) is 4.84. The van der Waals surface area contributed by atoms with Gasteiger partial charge in [-0.15, -0.1) is 0 Å². The third-order valence-electron chi connectivity index (χ3n) is 4.69. The monoisotopic (exact) mass is 408 g/mol. The van der Waals surface area contributed by atoms with Crippen LogP contribution >= 0.6 is 0 Å². The largest absolute Gasteiger partial charge is 0.322 e. The number of para-hydroxylation sites is 1. The molecule has 150 valence electrons. The number of amides is 1. The van der Waals surface area contributed by atoms with Crippen LogP contribution < -0.4 is 10.0 Å². The number of aryl methyl sites for hydroxylation is 3. The molecule has 3 aromatic rings. The van der Waals surface area contributed by atoms with Gasteiger partial charge in [-0.25, -0.2) is 8.42 Å². The molecule has 0 spiro atoms. The standard InChI is InChI=1S/C23H24N2O3S/c1-4-18-7-5-6-8-21(18)24-23(26)19-12-11-17(3)22(15-19)29(27,28)25-20-13-9-16(2)10-14-20/h5-15,25H,4H2,1-3H3,(H,24,26). The number of rotatable bonds is 6. The first-order chi connectivity index (χ1) is 13.8. The summed E-state index contributed by atoms with van der Waals surface area (Å²) in [5.74, 6) is -0.349. The molecule has 0 aromatic heterocycles. The lowest BCUT2D eigenvalue weighted by molar-refractivity contribution is 0.102. The summed E-state index contributed by atoms with van der Waals surface area (Å²) in [6.45, 7) is 5.65. The average Bonchev–Trinajstić information content (AvgIpc) is 2.70. The molecule has 0 aliphatic rings. The van der Waals surface area contributed by atoms with Gasteiger partial charge in [-0.3, -0.25) is 9.52 Å². The molecule has 1 amide bonds. The van der Waals surface area contributed by atoms with Crippen molar-refractivity contribution >= 4 is 27.3 Å². The van der Waals surface area contributed by atoms with Gasteiger partial charge < -0.3 is 5.32 Å². The number of anilines is 2. The summed E-state index contributed by atoms with van der Waals surface area (Å²) < 4.78 is 28.4. The lowest BCUT2D eigenvalue weighted by Gasteiger charge is -2.13. The summed E-state index contributed by atoms with van der Waals surface area (Å²) in [5.41, 5.74) is 4.10. The lowest BCUT2D eigenvalue weighted by Crippen LogP contribution is -2.17. The van der Waals surface area contributed by atoms with Crippen molar-refractivity contribution in [3.05, 3.63) is 89.0 Å². The molecule has 0 aliphatic heterocycles. The quantitative estimate of drug-likeness (QED) is 0.608. The van der Waals surface area contributed by atoms with E-state index < -0.39 is 10.0 Å². The fraction of sp³-hybridized carbons (Fsp3) is 0.174. The molecular formula is C23H24N2O3S. The maximum atomic E-state index is 12.9. The van der Waals surface area contributed by atoms with Crippen LogP contribution in [0, 0.1) is 13.8 Å². The second-order valence-electron chi connectivity index (χ2n) is 6.92. The van der Waals surface area contributed by atoms with Crippen LogP contribution in [0.25, 0.3) is 0 Å². The first-order valence-corrected chi connectivity index (χ1v) is 10.9. The smallest absolute Gasteiger partial charge is 0.262 e. The molecular weight excluding hydrogens is 384 g/mol. The van der Waals surface area contributed by atoms with E-state index in [0.29, 0.717) is 11.3 Å². The molecule has 6 heteroatoms. The molecule has 2 N–H and O–H groups in total.